The third-order valence-corrected chi connectivity index (χ3v) is 0.855. The Morgan fingerprint density at radius 2 is 2.17 bits per heavy atom. The van der Waals surface area contributed by atoms with Gasteiger partial charge in [0.15, 0.2) is 0 Å². The van der Waals surface area contributed by atoms with E-state index in [2.05, 4.69) is 9.57 Å². The van der Waals surface area contributed by atoms with Crippen molar-refractivity contribution in [2.24, 2.45) is 0 Å². The first-order valence-electron chi connectivity index (χ1n) is 3.20. The van der Waals surface area contributed by atoms with Gasteiger partial charge in [0.2, 0.25) is 0 Å². The van der Waals surface area contributed by atoms with E-state index in [-0.39, 0.29) is 13.2 Å². The maximum absolute atomic E-state index is 9.88. The van der Waals surface area contributed by atoms with Crippen LogP contribution in [0.1, 0.15) is 6.42 Å². The van der Waals surface area contributed by atoms with Crippen molar-refractivity contribution in [3.8, 4) is 0 Å². The van der Waals surface area contributed by atoms with Gasteiger partial charge in [-0.1, -0.05) is 0 Å². The summed E-state index contributed by atoms with van der Waals surface area (Å²) in [6, 6.07) is 0. The van der Waals surface area contributed by atoms with E-state index in [4.69, 9.17) is 5.11 Å². The summed E-state index contributed by atoms with van der Waals surface area (Å²) in [5, 5.41) is 16.8. The average Bonchev–Trinajstić information content (AvgIpc) is 1.95. The summed E-state index contributed by atoms with van der Waals surface area (Å²) in [7, 11) is 0. The Kier molecular flexibility index (Phi) is 5.62. The highest BCUT2D eigenvalue weighted by Gasteiger charge is 1.97. The van der Waals surface area contributed by atoms with Crippen LogP contribution in [-0.4, -0.2) is 36.0 Å². The van der Waals surface area contributed by atoms with Crippen LogP contribution in [0.3, 0.4) is 0 Å². The summed E-state index contributed by atoms with van der Waals surface area (Å²) >= 11 is 0. The summed E-state index contributed by atoms with van der Waals surface area (Å²) < 4.78 is 4.57. The fourth-order valence-electron chi connectivity index (χ4n) is 0.460. The number of ether oxygens (including phenoxy) is 1. The molecule has 0 bridgehead atoms. The molecule has 0 spiro atoms. The van der Waals surface area contributed by atoms with Crippen molar-refractivity contribution in [2.45, 2.75) is 6.42 Å². The number of carbonyl (C=O) groups is 1. The van der Waals surface area contributed by atoms with Gasteiger partial charge in [0.25, 0.3) is 5.09 Å². The highest BCUT2D eigenvalue weighted by atomic mass is 16.9. The third-order valence-electron chi connectivity index (χ3n) is 0.855. The zero-order valence-electron chi connectivity index (χ0n) is 6.26. The van der Waals surface area contributed by atoms with E-state index in [0.717, 1.165) is 0 Å². The Morgan fingerprint density at radius 3 is 2.67 bits per heavy atom. The first-order valence-corrected chi connectivity index (χ1v) is 3.20. The van der Waals surface area contributed by atoms with Crippen molar-refractivity contribution in [3.05, 3.63) is 10.1 Å². The van der Waals surface area contributed by atoms with Gasteiger partial charge in [0.05, 0.1) is 6.61 Å². The minimum atomic E-state index is -1.06. The second kappa shape index (κ2) is 6.35. The normalized spacial score (nSPS) is 9.33. The van der Waals surface area contributed by atoms with Crippen LogP contribution >= 0.6 is 0 Å². The number of carboxylic acids is 1. The Hall–Kier alpha value is -1.37. The van der Waals surface area contributed by atoms with Gasteiger partial charge in [-0.25, -0.2) is 4.79 Å². The molecule has 0 unspecified atom stereocenters. The summed E-state index contributed by atoms with van der Waals surface area (Å²) in [5.41, 5.74) is 0. The van der Waals surface area contributed by atoms with Gasteiger partial charge in [0.1, 0.15) is 6.61 Å². The molecule has 0 saturated carbocycles. The first-order chi connectivity index (χ1) is 5.63. The van der Waals surface area contributed by atoms with Crippen LogP contribution in [0.25, 0.3) is 0 Å². The summed E-state index contributed by atoms with van der Waals surface area (Å²) in [4.78, 5) is 23.4. The summed E-state index contributed by atoms with van der Waals surface area (Å²) in [5.74, 6) is -1.06. The molecule has 0 atom stereocenters. The third kappa shape index (κ3) is 8.63. The molecule has 0 aromatic heterocycles. The van der Waals surface area contributed by atoms with Crippen molar-refractivity contribution >= 4 is 5.97 Å². The molecular formula is C5H9NO6. The van der Waals surface area contributed by atoms with E-state index in [9.17, 15) is 14.9 Å². The highest BCUT2D eigenvalue weighted by molar-refractivity contribution is 5.67. The minimum Gasteiger partial charge on any atom is -0.480 e. The van der Waals surface area contributed by atoms with Crippen LogP contribution in [0.15, 0.2) is 0 Å². The second-order valence-electron chi connectivity index (χ2n) is 1.86. The predicted octanol–water partition coefficient (Wildman–Crippen LogP) is -0.314. The van der Waals surface area contributed by atoms with Gasteiger partial charge in [-0.3, -0.25) is 0 Å². The predicted molar refractivity (Wildman–Crippen MR) is 36.0 cm³/mol. The minimum absolute atomic E-state index is 0.0768. The number of carboxylic acid groups (broad SMARTS) is 1. The molecule has 0 aliphatic carbocycles. The van der Waals surface area contributed by atoms with E-state index in [1.54, 1.807) is 0 Å². The SMILES string of the molecule is O=C(O)COCCCO[N+](=O)[O-]. The molecule has 0 saturated heterocycles. The molecule has 70 valence electrons. The van der Waals surface area contributed by atoms with Gasteiger partial charge in [-0.15, -0.1) is 10.1 Å². The van der Waals surface area contributed by atoms with Gasteiger partial charge < -0.3 is 14.7 Å². The topological polar surface area (TPSA) is 98.9 Å². The van der Waals surface area contributed by atoms with Gasteiger partial charge in [-0.2, -0.15) is 0 Å². The van der Waals surface area contributed by atoms with Crippen molar-refractivity contribution < 1.29 is 24.6 Å². The Morgan fingerprint density at radius 1 is 1.50 bits per heavy atom. The summed E-state index contributed by atoms with van der Waals surface area (Å²) in [6.45, 7) is -0.328. The second-order valence-corrected chi connectivity index (χ2v) is 1.86. The van der Waals surface area contributed by atoms with Gasteiger partial charge >= 0.3 is 5.97 Å². The van der Waals surface area contributed by atoms with Crippen molar-refractivity contribution in [1.82, 2.24) is 0 Å². The number of hydrogen-bond acceptors (Lipinski definition) is 5. The zero-order valence-corrected chi connectivity index (χ0v) is 6.26. The number of nitrogens with zero attached hydrogens (tertiary/aromatic N) is 1. The maximum Gasteiger partial charge on any atom is 0.329 e. The monoisotopic (exact) mass is 179 g/mol. The quantitative estimate of drug-likeness (QED) is 0.327. The molecule has 0 fully saturated rings. The van der Waals surface area contributed by atoms with E-state index < -0.39 is 17.7 Å². The average molecular weight is 179 g/mol. The van der Waals surface area contributed by atoms with Crippen LogP contribution < -0.4 is 0 Å². The van der Waals surface area contributed by atoms with E-state index in [1.165, 1.54) is 0 Å². The van der Waals surface area contributed by atoms with Crippen LogP contribution in [-0.2, 0) is 14.4 Å². The van der Waals surface area contributed by atoms with Crippen molar-refractivity contribution in [2.75, 3.05) is 19.8 Å². The molecule has 0 heterocycles. The standard InChI is InChI=1S/C5H9NO6/c7-5(8)4-11-2-1-3-12-6(9)10/h1-4H2,(H,7,8). The lowest BCUT2D eigenvalue weighted by molar-refractivity contribution is -0.757. The van der Waals surface area contributed by atoms with Crippen LogP contribution in [0.4, 0.5) is 0 Å². The Labute approximate surface area is 68.0 Å². The lowest BCUT2D eigenvalue weighted by Crippen LogP contribution is -2.10. The summed E-state index contributed by atoms with van der Waals surface area (Å²) in [6.07, 6.45) is 0.300. The number of aliphatic carboxylic acids is 1. The molecule has 0 rings (SSSR count). The Bertz CT molecular complexity index is 140. The smallest absolute Gasteiger partial charge is 0.329 e. The first kappa shape index (κ1) is 10.6. The van der Waals surface area contributed by atoms with Crippen LogP contribution in [0.2, 0.25) is 0 Å². The van der Waals surface area contributed by atoms with E-state index in [0.29, 0.717) is 6.42 Å². The largest absolute Gasteiger partial charge is 0.480 e. The molecule has 0 aromatic rings. The van der Waals surface area contributed by atoms with Crippen LogP contribution in [0.5, 0.6) is 0 Å². The van der Waals surface area contributed by atoms with Gasteiger partial charge in [-0.05, 0) is 6.42 Å². The lowest BCUT2D eigenvalue weighted by Gasteiger charge is -1.99. The zero-order chi connectivity index (χ0) is 9.40. The van der Waals surface area contributed by atoms with Crippen molar-refractivity contribution in [3.63, 3.8) is 0 Å². The number of rotatable bonds is 7. The lowest BCUT2D eigenvalue weighted by atomic mass is 10.5. The number of hydrogen-bond donors (Lipinski definition) is 1. The molecule has 12 heavy (non-hydrogen) atoms. The molecule has 1 N–H and O–H groups in total. The van der Waals surface area contributed by atoms with Crippen LogP contribution in [0, 0.1) is 10.1 Å². The van der Waals surface area contributed by atoms with E-state index >= 15 is 0 Å². The molecule has 0 amide bonds. The fraction of sp³-hybridized carbons (Fsp3) is 0.800. The molecular weight excluding hydrogens is 170 g/mol. The Balaban J connectivity index is 3.01. The molecule has 7 nitrogen and oxygen atoms in total. The molecule has 0 aliphatic rings. The van der Waals surface area contributed by atoms with Crippen molar-refractivity contribution in [1.29, 1.82) is 0 Å². The van der Waals surface area contributed by atoms with E-state index in [1.807, 2.05) is 0 Å². The molecule has 7 heteroatoms. The van der Waals surface area contributed by atoms with Gasteiger partial charge in [0, 0.05) is 6.61 Å². The molecule has 0 aromatic carbocycles. The molecule has 0 aliphatic heterocycles. The molecule has 0 radical (unpaired) electrons. The highest BCUT2D eigenvalue weighted by Crippen LogP contribution is 1.85. The fourth-order valence-corrected chi connectivity index (χ4v) is 0.460. The maximum atomic E-state index is 9.88.